The average Bonchev–Trinajstić information content (AvgIpc) is 3.26. The number of carbonyl (C=O) groups excluding carboxylic acids is 1. The summed E-state index contributed by atoms with van der Waals surface area (Å²) in [5.41, 5.74) is 1.26. The van der Waals surface area contributed by atoms with Gasteiger partial charge < -0.3 is 14.7 Å². The van der Waals surface area contributed by atoms with Gasteiger partial charge in [0.15, 0.2) is 6.10 Å². The third kappa shape index (κ3) is 3.31. The van der Waals surface area contributed by atoms with Gasteiger partial charge in [0, 0.05) is 18.5 Å². The van der Waals surface area contributed by atoms with E-state index in [9.17, 15) is 9.59 Å². The number of hydrogen-bond acceptors (Lipinski definition) is 3. The molecule has 4 atom stereocenters. The fraction of sp³-hybridized carbons (Fsp3) is 0.579. The summed E-state index contributed by atoms with van der Waals surface area (Å²) < 4.78 is 5.47. The first kappa shape index (κ1) is 17.0. The molecule has 1 N–H and O–H groups in total. The molecule has 130 valence electrons. The second-order valence-electron chi connectivity index (χ2n) is 6.70. The van der Waals surface area contributed by atoms with Crippen LogP contribution in [0.15, 0.2) is 30.3 Å². The number of carboxylic acid groups (broad SMARTS) is 1. The lowest BCUT2D eigenvalue weighted by molar-refractivity contribution is -0.155. The normalized spacial score (nSPS) is 28.0. The van der Waals surface area contributed by atoms with Crippen LogP contribution in [0.5, 0.6) is 0 Å². The zero-order chi connectivity index (χ0) is 17.1. The molecule has 2 saturated heterocycles. The lowest BCUT2D eigenvalue weighted by Crippen LogP contribution is -2.44. The Labute approximate surface area is 142 Å². The molecule has 2 aliphatic rings. The number of likely N-dealkylation sites (tertiary alicyclic amines) is 1. The summed E-state index contributed by atoms with van der Waals surface area (Å²) >= 11 is 0. The topological polar surface area (TPSA) is 66.8 Å². The van der Waals surface area contributed by atoms with Gasteiger partial charge in [-0.25, -0.2) is 4.79 Å². The van der Waals surface area contributed by atoms with Gasteiger partial charge in [-0.15, -0.1) is 0 Å². The molecule has 1 amide bonds. The molecule has 0 bridgehead atoms. The summed E-state index contributed by atoms with van der Waals surface area (Å²) in [7, 11) is 0. The van der Waals surface area contributed by atoms with Crippen molar-refractivity contribution < 1.29 is 19.4 Å². The predicted molar refractivity (Wildman–Crippen MR) is 89.7 cm³/mol. The van der Waals surface area contributed by atoms with Crippen molar-refractivity contribution in [3.8, 4) is 0 Å². The summed E-state index contributed by atoms with van der Waals surface area (Å²) in [6, 6.07) is 10.5. The fourth-order valence-corrected chi connectivity index (χ4v) is 4.10. The molecule has 1 aromatic carbocycles. The summed E-state index contributed by atoms with van der Waals surface area (Å²) in [6.45, 7) is 2.90. The van der Waals surface area contributed by atoms with Crippen LogP contribution in [0.4, 0.5) is 0 Å². The first-order valence-corrected chi connectivity index (χ1v) is 8.85. The maximum absolute atomic E-state index is 12.9. The molecule has 0 aromatic heterocycles. The highest BCUT2D eigenvalue weighted by Gasteiger charge is 2.41. The van der Waals surface area contributed by atoms with Crippen molar-refractivity contribution >= 4 is 11.9 Å². The molecule has 24 heavy (non-hydrogen) atoms. The van der Waals surface area contributed by atoms with Gasteiger partial charge in [0.2, 0.25) is 0 Å². The zero-order valence-corrected chi connectivity index (χ0v) is 14.1. The Morgan fingerprint density at radius 3 is 2.54 bits per heavy atom. The minimum Gasteiger partial charge on any atom is -0.479 e. The number of hydrogen-bond donors (Lipinski definition) is 1. The van der Waals surface area contributed by atoms with E-state index in [-0.39, 0.29) is 11.9 Å². The Hall–Kier alpha value is -1.88. The van der Waals surface area contributed by atoms with Crippen molar-refractivity contribution in [2.24, 2.45) is 0 Å². The number of rotatable bonds is 5. The van der Waals surface area contributed by atoms with Gasteiger partial charge >= 0.3 is 5.97 Å². The van der Waals surface area contributed by atoms with Crippen LogP contribution < -0.4 is 0 Å². The molecule has 0 aliphatic carbocycles. The number of carboxylic acids is 1. The first-order valence-electron chi connectivity index (χ1n) is 8.85. The molecular formula is C19H25NO4. The first-order chi connectivity index (χ1) is 11.6. The van der Waals surface area contributed by atoms with Gasteiger partial charge in [-0.2, -0.15) is 0 Å². The molecule has 5 nitrogen and oxygen atoms in total. The van der Waals surface area contributed by atoms with Crippen LogP contribution in [-0.2, 0) is 14.3 Å². The standard InChI is InChI=1S/C19H25NO4/c1-2-14(13-7-4-3-5-8-13)15-9-6-12-20(15)18(21)16-10-11-17(24-16)19(22)23/h3-5,7-8,14-17H,2,6,9-12H2,1H3,(H,22,23)/t14?,15?,16-,17+/m0/s1. The van der Waals surface area contributed by atoms with E-state index >= 15 is 0 Å². The minimum absolute atomic E-state index is 0.0318. The van der Waals surface area contributed by atoms with Crippen molar-refractivity contribution in [1.82, 2.24) is 4.90 Å². The summed E-state index contributed by atoms with van der Waals surface area (Å²) in [5.74, 6) is -0.691. The molecule has 0 saturated carbocycles. The highest BCUT2D eigenvalue weighted by molar-refractivity contribution is 5.83. The third-order valence-electron chi connectivity index (χ3n) is 5.28. The number of amides is 1. The second kappa shape index (κ2) is 7.34. The van der Waals surface area contributed by atoms with Crippen molar-refractivity contribution in [1.29, 1.82) is 0 Å². The SMILES string of the molecule is CCC(c1ccccc1)C1CCCN1C(=O)[C@@H]1CC[C@H](C(=O)O)O1. The van der Waals surface area contributed by atoms with E-state index in [0.29, 0.717) is 18.8 Å². The summed E-state index contributed by atoms with van der Waals surface area (Å²) in [4.78, 5) is 25.9. The smallest absolute Gasteiger partial charge is 0.332 e. The monoisotopic (exact) mass is 331 g/mol. The number of aliphatic carboxylic acids is 1. The maximum Gasteiger partial charge on any atom is 0.332 e. The Morgan fingerprint density at radius 2 is 1.92 bits per heavy atom. The Morgan fingerprint density at radius 1 is 1.21 bits per heavy atom. The summed E-state index contributed by atoms with van der Waals surface area (Å²) in [5, 5.41) is 9.06. The quantitative estimate of drug-likeness (QED) is 0.901. The largest absolute Gasteiger partial charge is 0.479 e. The molecule has 3 rings (SSSR count). The van der Waals surface area contributed by atoms with Crippen LogP contribution in [0.1, 0.15) is 50.5 Å². The van der Waals surface area contributed by atoms with E-state index in [1.54, 1.807) is 0 Å². The number of benzene rings is 1. The molecule has 5 heteroatoms. The van der Waals surface area contributed by atoms with Crippen molar-refractivity contribution in [2.75, 3.05) is 6.54 Å². The van der Waals surface area contributed by atoms with E-state index in [2.05, 4.69) is 19.1 Å². The maximum atomic E-state index is 12.9. The van der Waals surface area contributed by atoms with Crippen LogP contribution in [0.2, 0.25) is 0 Å². The second-order valence-corrected chi connectivity index (χ2v) is 6.70. The van der Waals surface area contributed by atoms with Crippen LogP contribution in [0.25, 0.3) is 0 Å². The van der Waals surface area contributed by atoms with Crippen molar-refractivity contribution in [2.45, 2.75) is 63.2 Å². The van der Waals surface area contributed by atoms with Crippen molar-refractivity contribution in [3.05, 3.63) is 35.9 Å². The molecule has 2 heterocycles. The number of ether oxygens (including phenoxy) is 1. The van der Waals surface area contributed by atoms with E-state index < -0.39 is 18.2 Å². The fourth-order valence-electron chi connectivity index (χ4n) is 4.10. The third-order valence-corrected chi connectivity index (χ3v) is 5.28. The van der Waals surface area contributed by atoms with Crippen LogP contribution in [0, 0.1) is 0 Å². The Kier molecular flexibility index (Phi) is 5.19. The van der Waals surface area contributed by atoms with Gasteiger partial charge in [0.25, 0.3) is 5.91 Å². The van der Waals surface area contributed by atoms with Gasteiger partial charge in [0.1, 0.15) is 6.10 Å². The molecular weight excluding hydrogens is 306 g/mol. The lowest BCUT2D eigenvalue weighted by Gasteiger charge is -2.33. The average molecular weight is 331 g/mol. The highest BCUT2D eigenvalue weighted by Crippen LogP contribution is 2.35. The van der Waals surface area contributed by atoms with Crippen LogP contribution >= 0.6 is 0 Å². The lowest BCUT2D eigenvalue weighted by atomic mass is 9.87. The highest BCUT2D eigenvalue weighted by atomic mass is 16.5. The molecule has 2 aliphatic heterocycles. The molecule has 2 fully saturated rings. The van der Waals surface area contributed by atoms with Gasteiger partial charge in [-0.05, 0) is 37.7 Å². The number of nitrogens with zero attached hydrogens (tertiary/aromatic N) is 1. The van der Waals surface area contributed by atoms with Gasteiger partial charge in [-0.1, -0.05) is 37.3 Å². The Balaban J connectivity index is 1.73. The van der Waals surface area contributed by atoms with Gasteiger partial charge in [-0.3, -0.25) is 4.79 Å². The van der Waals surface area contributed by atoms with Crippen LogP contribution in [-0.4, -0.2) is 46.7 Å². The number of carbonyl (C=O) groups is 2. The van der Waals surface area contributed by atoms with Crippen molar-refractivity contribution in [3.63, 3.8) is 0 Å². The summed E-state index contributed by atoms with van der Waals surface area (Å²) in [6.07, 6.45) is 2.45. The predicted octanol–water partition coefficient (Wildman–Crippen LogP) is 2.80. The molecule has 0 spiro atoms. The molecule has 1 aromatic rings. The minimum atomic E-state index is -0.973. The van der Waals surface area contributed by atoms with E-state index in [1.807, 2.05) is 23.1 Å². The van der Waals surface area contributed by atoms with E-state index in [0.717, 1.165) is 25.8 Å². The zero-order valence-electron chi connectivity index (χ0n) is 14.1. The Bertz CT molecular complexity index is 588. The van der Waals surface area contributed by atoms with Crippen LogP contribution in [0.3, 0.4) is 0 Å². The van der Waals surface area contributed by atoms with Gasteiger partial charge in [0.05, 0.1) is 0 Å². The molecule has 0 radical (unpaired) electrons. The van der Waals surface area contributed by atoms with E-state index in [1.165, 1.54) is 5.56 Å². The van der Waals surface area contributed by atoms with E-state index in [4.69, 9.17) is 9.84 Å². The molecule has 2 unspecified atom stereocenters.